The van der Waals surface area contributed by atoms with Crippen LogP contribution in [0.5, 0.6) is 11.5 Å². The summed E-state index contributed by atoms with van der Waals surface area (Å²) in [7, 11) is 1.58. The summed E-state index contributed by atoms with van der Waals surface area (Å²) in [5.41, 5.74) is 5.57. The molecule has 30 heavy (non-hydrogen) atoms. The molecule has 0 spiro atoms. The Balaban J connectivity index is 2.00. The second kappa shape index (κ2) is 9.90. The highest BCUT2D eigenvalue weighted by molar-refractivity contribution is 5.91. The predicted octanol–water partition coefficient (Wildman–Crippen LogP) is 6.18. The smallest absolute Gasteiger partial charge is 0.338 e. The standard InChI is InChI=1S/C26H26O4/c1-5-19(3)26(27)30-25-16-22(20-8-6-18(2)7-9-20)12-15-24(25)21-10-13-23(14-11-21)29-17-28-4/h5-16H,17H2,1-4H3/b19-5+. The van der Waals surface area contributed by atoms with Gasteiger partial charge < -0.3 is 14.2 Å². The van der Waals surface area contributed by atoms with E-state index >= 15 is 0 Å². The number of carbonyl (C=O) groups excluding carboxylic acids is 1. The van der Waals surface area contributed by atoms with Crippen LogP contribution in [0.3, 0.4) is 0 Å². The van der Waals surface area contributed by atoms with Crippen molar-refractivity contribution in [1.29, 1.82) is 0 Å². The molecule has 0 saturated heterocycles. The summed E-state index contributed by atoms with van der Waals surface area (Å²) in [6.07, 6.45) is 1.74. The van der Waals surface area contributed by atoms with Crippen LogP contribution in [0.2, 0.25) is 0 Å². The van der Waals surface area contributed by atoms with Crippen molar-refractivity contribution in [3.05, 3.63) is 83.9 Å². The lowest BCUT2D eigenvalue weighted by atomic mass is 9.98. The van der Waals surface area contributed by atoms with Crippen LogP contribution in [0.25, 0.3) is 22.3 Å². The Kier molecular flexibility index (Phi) is 7.04. The summed E-state index contributed by atoms with van der Waals surface area (Å²) < 4.78 is 16.2. The van der Waals surface area contributed by atoms with E-state index in [1.54, 1.807) is 20.1 Å². The highest BCUT2D eigenvalue weighted by Gasteiger charge is 2.14. The minimum Gasteiger partial charge on any atom is -0.468 e. The number of allylic oxidation sites excluding steroid dienone is 1. The fraction of sp³-hybridized carbons (Fsp3) is 0.192. The second-order valence-corrected chi connectivity index (χ2v) is 7.01. The molecule has 4 nitrogen and oxygen atoms in total. The summed E-state index contributed by atoms with van der Waals surface area (Å²) in [6, 6.07) is 21.8. The van der Waals surface area contributed by atoms with Crippen LogP contribution >= 0.6 is 0 Å². The molecule has 0 aliphatic heterocycles. The minimum atomic E-state index is -0.361. The van der Waals surface area contributed by atoms with Gasteiger partial charge in [-0.2, -0.15) is 0 Å². The largest absolute Gasteiger partial charge is 0.468 e. The molecule has 4 heteroatoms. The van der Waals surface area contributed by atoms with Gasteiger partial charge in [0.25, 0.3) is 0 Å². The molecule has 0 aliphatic rings. The summed E-state index contributed by atoms with van der Waals surface area (Å²) in [4.78, 5) is 12.5. The van der Waals surface area contributed by atoms with Gasteiger partial charge in [-0.05, 0) is 55.7 Å². The molecule has 3 aromatic rings. The second-order valence-electron chi connectivity index (χ2n) is 7.01. The van der Waals surface area contributed by atoms with Gasteiger partial charge in [-0.25, -0.2) is 4.79 Å². The molecule has 0 atom stereocenters. The number of hydrogen-bond donors (Lipinski definition) is 0. The van der Waals surface area contributed by atoms with Crippen molar-refractivity contribution in [3.63, 3.8) is 0 Å². The third kappa shape index (κ3) is 5.16. The van der Waals surface area contributed by atoms with Gasteiger partial charge in [-0.15, -0.1) is 0 Å². The molecular weight excluding hydrogens is 376 g/mol. The normalized spacial score (nSPS) is 11.3. The number of esters is 1. The van der Waals surface area contributed by atoms with E-state index in [1.165, 1.54) is 5.56 Å². The molecule has 0 amide bonds. The van der Waals surface area contributed by atoms with Crippen molar-refractivity contribution in [1.82, 2.24) is 0 Å². The number of carbonyl (C=O) groups is 1. The van der Waals surface area contributed by atoms with Gasteiger partial charge in [-0.1, -0.05) is 60.2 Å². The van der Waals surface area contributed by atoms with E-state index in [-0.39, 0.29) is 12.8 Å². The van der Waals surface area contributed by atoms with E-state index in [1.807, 2.05) is 49.4 Å². The molecule has 3 aromatic carbocycles. The number of methoxy groups -OCH3 is 1. The van der Waals surface area contributed by atoms with Crippen LogP contribution in [-0.4, -0.2) is 19.9 Å². The Bertz CT molecular complexity index is 1030. The van der Waals surface area contributed by atoms with E-state index in [4.69, 9.17) is 14.2 Å². The number of hydrogen-bond acceptors (Lipinski definition) is 4. The lowest BCUT2D eigenvalue weighted by Gasteiger charge is -2.14. The number of benzene rings is 3. The average molecular weight is 402 g/mol. The van der Waals surface area contributed by atoms with E-state index in [9.17, 15) is 4.79 Å². The van der Waals surface area contributed by atoms with Crippen molar-refractivity contribution < 1.29 is 19.0 Å². The first-order chi connectivity index (χ1) is 14.5. The van der Waals surface area contributed by atoms with Crippen molar-refractivity contribution >= 4 is 5.97 Å². The Hall–Kier alpha value is -3.37. The Morgan fingerprint density at radius 3 is 2.17 bits per heavy atom. The number of ether oxygens (including phenoxy) is 3. The number of rotatable bonds is 7. The van der Waals surface area contributed by atoms with Crippen LogP contribution in [0.1, 0.15) is 19.4 Å². The van der Waals surface area contributed by atoms with Crippen LogP contribution in [-0.2, 0) is 9.53 Å². The van der Waals surface area contributed by atoms with E-state index < -0.39 is 0 Å². The van der Waals surface area contributed by atoms with Gasteiger partial charge in [0.1, 0.15) is 11.5 Å². The van der Waals surface area contributed by atoms with Gasteiger partial charge in [0, 0.05) is 18.2 Å². The molecule has 3 rings (SSSR count). The molecule has 0 aliphatic carbocycles. The van der Waals surface area contributed by atoms with Crippen molar-refractivity contribution in [2.75, 3.05) is 13.9 Å². The lowest BCUT2D eigenvalue weighted by Crippen LogP contribution is -2.09. The minimum absolute atomic E-state index is 0.191. The highest BCUT2D eigenvalue weighted by Crippen LogP contribution is 2.35. The van der Waals surface area contributed by atoms with Crippen LogP contribution in [0.15, 0.2) is 78.4 Å². The summed E-state index contributed by atoms with van der Waals surface area (Å²) in [5.74, 6) is 0.866. The molecule has 0 N–H and O–H groups in total. The summed E-state index contributed by atoms with van der Waals surface area (Å²) in [6.45, 7) is 5.81. The first-order valence-electron chi connectivity index (χ1n) is 9.80. The molecule has 154 valence electrons. The fourth-order valence-electron chi connectivity index (χ4n) is 2.93. The van der Waals surface area contributed by atoms with E-state index in [2.05, 4.69) is 31.2 Å². The number of aryl methyl sites for hydroxylation is 1. The molecule has 0 radical (unpaired) electrons. The average Bonchev–Trinajstić information content (AvgIpc) is 2.78. The Morgan fingerprint density at radius 1 is 0.900 bits per heavy atom. The fourth-order valence-corrected chi connectivity index (χ4v) is 2.93. The van der Waals surface area contributed by atoms with Gasteiger partial charge in [0.15, 0.2) is 6.79 Å². The van der Waals surface area contributed by atoms with Crippen molar-refractivity contribution in [2.24, 2.45) is 0 Å². The van der Waals surface area contributed by atoms with Gasteiger partial charge in [0.2, 0.25) is 0 Å². The lowest BCUT2D eigenvalue weighted by molar-refractivity contribution is -0.130. The maximum atomic E-state index is 12.5. The zero-order chi connectivity index (χ0) is 21.5. The van der Waals surface area contributed by atoms with E-state index in [0.717, 1.165) is 22.3 Å². The Labute approximate surface area is 177 Å². The molecule has 0 unspecified atom stereocenters. The first kappa shape index (κ1) is 21.3. The third-order valence-electron chi connectivity index (χ3n) is 4.83. The van der Waals surface area contributed by atoms with Crippen molar-refractivity contribution in [2.45, 2.75) is 20.8 Å². The maximum Gasteiger partial charge on any atom is 0.338 e. The topological polar surface area (TPSA) is 44.8 Å². The van der Waals surface area contributed by atoms with Gasteiger partial charge in [-0.3, -0.25) is 0 Å². The molecule has 0 fully saturated rings. The molecule has 0 aromatic heterocycles. The maximum absolute atomic E-state index is 12.5. The summed E-state index contributed by atoms with van der Waals surface area (Å²) >= 11 is 0. The monoisotopic (exact) mass is 402 g/mol. The molecular formula is C26H26O4. The Morgan fingerprint density at radius 2 is 1.53 bits per heavy atom. The zero-order valence-corrected chi connectivity index (χ0v) is 17.8. The third-order valence-corrected chi connectivity index (χ3v) is 4.83. The van der Waals surface area contributed by atoms with Crippen molar-refractivity contribution in [3.8, 4) is 33.8 Å². The molecule has 0 heterocycles. The summed E-state index contributed by atoms with van der Waals surface area (Å²) in [5, 5.41) is 0. The predicted molar refractivity (Wildman–Crippen MR) is 120 cm³/mol. The highest BCUT2D eigenvalue weighted by atomic mass is 16.7. The zero-order valence-electron chi connectivity index (χ0n) is 17.8. The molecule has 0 saturated carbocycles. The quantitative estimate of drug-likeness (QED) is 0.205. The van der Waals surface area contributed by atoms with Crippen LogP contribution in [0.4, 0.5) is 0 Å². The first-order valence-corrected chi connectivity index (χ1v) is 9.80. The molecule has 0 bridgehead atoms. The van der Waals surface area contributed by atoms with E-state index in [0.29, 0.717) is 17.1 Å². The SMILES string of the molecule is C/C=C(\C)C(=O)Oc1cc(-c2ccc(C)cc2)ccc1-c1ccc(OCOC)cc1. The van der Waals surface area contributed by atoms with Gasteiger partial charge in [0.05, 0.1) is 0 Å². The van der Waals surface area contributed by atoms with Crippen LogP contribution in [0, 0.1) is 6.92 Å². The van der Waals surface area contributed by atoms with Crippen LogP contribution < -0.4 is 9.47 Å². The van der Waals surface area contributed by atoms with Gasteiger partial charge >= 0.3 is 5.97 Å².